The highest BCUT2D eigenvalue weighted by Gasteiger charge is 2.04. The Bertz CT molecular complexity index is 722. The number of carbonyl (C=O) groups is 1. The summed E-state index contributed by atoms with van der Waals surface area (Å²) in [4.78, 5) is 11.0. The summed E-state index contributed by atoms with van der Waals surface area (Å²) in [5.41, 5.74) is 6.69. The molecule has 160 valence electrons. The van der Waals surface area contributed by atoms with Crippen molar-refractivity contribution >= 4 is 12.1 Å². The molecule has 0 fully saturated rings. The highest BCUT2D eigenvalue weighted by Crippen LogP contribution is 2.07. The molecular weight excluding hydrogens is 500 g/mol. The smallest absolute Gasteiger partial charge is 0.249 e. The van der Waals surface area contributed by atoms with Crippen LogP contribution in [0.15, 0.2) is 54.2 Å². The Balaban J connectivity index is 0.00000392. The molecule has 6 nitrogen and oxygen atoms in total. The Morgan fingerprint density at radius 3 is 1.66 bits per heavy atom. The second kappa shape index (κ2) is 16.0. The van der Waals surface area contributed by atoms with Gasteiger partial charge < -0.3 is 44.9 Å². The molecule has 0 unspecified atom stereocenters. The first-order valence-corrected chi connectivity index (χ1v) is 9.64. The number of carbonyl (C=O) groups excluding carboxylic acids is 1. The minimum atomic E-state index is -0.381. The van der Waals surface area contributed by atoms with Gasteiger partial charge in [0.25, 0.3) is 0 Å². The van der Waals surface area contributed by atoms with Crippen molar-refractivity contribution in [3.05, 3.63) is 60.2 Å². The van der Waals surface area contributed by atoms with E-state index in [0.717, 1.165) is 25.1 Å². The van der Waals surface area contributed by atoms with Crippen molar-refractivity contribution in [1.82, 2.24) is 0 Å². The standard InChI is InChI=1S/C21H28N4O2.2BrH/c22-21(26)20-10-16-25(17-11-20)13-7-5-3-1-2-4-6-12-24-14-8-19(9-15-24)18-23-27;;/h8-11,14-18H,1-7,12-13H2,(H-,22,26);2*1H. The number of oxime groups is 1. The van der Waals surface area contributed by atoms with Crippen LogP contribution in [0.5, 0.6) is 0 Å². The van der Waals surface area contributed by atoms with Crippen LogP contribution in [0.25, 0.3) is 0 Å². The van der Waals surface area contributed by atoms with Gasteiger partial charge in [0.15, 0.2) is 24.8 Å². The first kappa shape index (κ1) is 27.2. The van der Waals surface area contributed by atoms with Crippen molar-refractivity contribution in [2.45, 2.75) is 58.0 Å². The van der Waals surface area contributed by atoms with Crippen molar-refractivity contribution in [3.63, 3.8) is 0 Å². The molecule has 0 spiro atoms. The van der Waals surface area contributed by atoms with Crippen LogP contribution in [0.3, 0.4) is 0 Å². The Kier molecular flexibility index (Phi) is 15.1. The molecule has 0 atom stereocenters. The summed E-state index contributed by atoms with van der Waals surface area (Å²) in [6.45, 7) is 2.00. The van der Waals surface area contributed by atoms with Crippen LogP contribution < -0.4 is 48.8 Å². The van der Waals surface area contributed by atoms with E-state index in [0.29, 0.717) is 5.56 Å². The molecule has 2 rings (SSSR count). The summed E-state index contributed by atoms with van der Waals surface area (Å²) in [5.74, 6) is -0.381. The maximum Gasteiger partial charge on any atom is 0.249 e. The number of nitrogens with zero attached hydrogens (tertiary/aromatic N) is 3. The van der Waals surface area contributed by atoms with Crippen molar-refractivity contribution in [1.29, 1.82) is 0 Å². The van der Waals surface area contributed by atoms with Gasteiger partial charge in [-0.25, -0.2) is 9.13 Å². The SMILES string of the molecule is NC(=O)c1cc[n+](CCCCCCCCC[n+]2ccc(/C=N/O)cc2)cc1.[Br-].[Br-]. The van der Waals surface area contributed by atoms with Gasteiger partial charge in [0.2, 0.25) is 5.91 Å². The minimum Gasteiger partial charge on any atom is -1.00 e. The summed E-state index contributed by atoms with van der Waals surface area (Å²) < 4.78 is 4.26. The zero-order chi connectivity index (χ0) is 19.3. The van der Waals surface area contributed by atoms with E-state index in [1.807, 2.05) is 36.9 Å². The molecule has 2 heterocycles. The number of aromatic nitrogens is 2. The fourth-order valence-corrected chi connectivity index (χ4v) is 3.01. The van der Waals surface area contributed by atoms with Gasteiger partial charge in [-0.15, -0.1) is 0 Å². The fraction of sp³-hybridized carbons (Fsp3) is 0.429. The van der Waals surface area contributed by atoms with E-state index in [1.54, 1.807) is 12.1 Å². The predicted molar refractivity (Wildman–Crippen MR) is 103 cm³/mol. The third-order valence-corrected chi connectivity index (χ3v) is 4.63. The number of pyridine rings is 2. The predicted octanol–water partition coefficient (Wildman–Crippen LogP) is -3.39. The maximum absolute atomic E-state index is 11.0. The van der Waals surface area contributed by atoms with Crippen LogP contribution in [-0.4, -0.2) is 17.3 Å². The van der Waals surface area contributed by atoms with Crippen LogP contribution in [0.2, 0.25) is 0 Å². The van der Waals surface area contributed by atoms with E-state index in [-0.39, 0.29) is 39.9 Å². The summed E-state index contributed by atoms with van der Waals surface area (Å²) in [7, 11) is 0. The van der Waals surface area contributed by atoms with Crippen LogP contribution >= 0.6 is 0 Å². The van der Waals surface area contributed by atoms with Crippen LogP contribution in [-0.2, 0) is 13.1 Å². The molecule has 0 bridgehead atoms. The lowest BCUT2D eigenvalue weighted by atomic mass is 10.1. The second-order valence-electron chi connectivity index (χ2n) is 6.78. The highest BCUT2D eigenvalue weighted by molar-refractivity contribution is 5.92. The summed E-state index contributed by atoms with van der Waals surface area (Å²) >= 11 is 0. The lowest BCUT2D eigenvalue weighted by Crippen LogP contribution is -3.00. The van der Waals surface area contributed by atoms with E-state index in [2.05, 4.69) is 14.3 Å². The molecule has 0 aromatic carbocycles. The number of hydrogen-bond donors (Lipinski definition) is 2. The number of amides is 1. The molecule has 0 aliphatic carbocycles. The quantitative estimate of drug-likeness (QED) is 0.0988. The van der Waals surface area contributed by atoms with E-state index in [1.165, 1.54) is 44.7 Å². The molecule has 0 saturated carbocycles. The molecule has 0 saturated heterocycles. The summed E-state index contributed by atoms with van der Waals surface area (Å²) in [6, 6.07) is 7.43. The van der Waals surface area contributed by atoms with Crippen molar-refractivity contribution in [3.8, 4) is 0 Å². The highest BCUT2D eigenvalue weighted by atomic mass is 79.9. The normalized spacial score (nSPS) is 10.3. The molecule has 0 radical (unpaired) electrons. The van der Waals surface area contributed by atoms with Gasteiger partial charge >= 0.3 is 0 Å². The van der Waals surface area contributed by atoms with Crippen LogP contribution in [0.4, 0.5) is 0 Å². The third kappa shape index (κ3) is 11.1. The first-order chi connectivity index (χ1) is 13.2. The third-order valence-electron chi connectivity index (χ3n) is 4.63. The van der Waals surface area contributed by atoms with Crippen molar-refractivity contribution in [2.24, 2.45) is 10.9 Å². The Labute approximate surface area is 194 Å². The molecule has 0 aliphatic rings. The number of hydrogen-bond acceptors (Lipinski definition) is 3. The maximum atomic E-state index is 11.0. The molecule has 29 heavy (non-hydrogen) atoms. The van der Waals surface area contributed by atoms with Crippen LogP contribution in [0.1, 0.15) is 60.9 Å². The summed E-state index contributed by atoms with van der Waals surface area (Å²) in [5, 5.41) is 11.5. The fourth-order valence-electron chi connectivity index (χ4n) is 3.01. The Hall–Kier alpha value is -1.80. The van der Waals surface area contributed by atoms with E-state index in [4.69, 9.17) is 10.9 Å². The number of nitrogens with two attached hydrogens (primary N) is 1. The van der Waals surface area contributed by atoms with Gasteiger partial charge in [-0.05, 0) is 12.8 Å². The number of aryl methyl sites for hydroxylation is 2. The topological polar surface area (TPSA) is 83.4 Å². The molecular formula is C21H30Br2N4O2. The molecule has 2 aromatic heterocycles. The molecule has 2 aromatic rings. The van der Waals surface area contributed by atoms with Gasteiger partial charge in [-0.1, -0.05) is 24.4 Å². The zero-order valence-corrected chi connectivity index (χ0v) is 19.8. The zero-order valence-electron chi connectivity index (χ0n) is 16.6. The summed E-state index contributed by atoms with van der Waals surface area (Å²) in [6.07, 6.45) is 17.9. The lowest BCUT2D eigenvalue weighted by Gasteiger charge is -2.01. The Morgan fingerprint density at radius 1 is 0.828 bits per heavy atom. The van der Waals surface area contributed by atoms with Crippen molar-refractivity contribution in [2.75, 3.05) is 0 Å². The number of primary amides is 1. The monoisotopic (exact) mass is 528 g/mol. The first-order valence-electron chi connectivity index (χ1n) is 9.64. The molecule has 1 amide bonds. The Morgan fingerprint density at radius 2 is 1.24 bits per heavy atom. The molecule has 3 N–H and O–H groups in total. The van der Waals surface area contributed by atoms with Crippen molar-refractivity contribution < 1.29 is 53.1 Å². The number of unbranched alkanes of at least 4 members (excludes halogenated alkanes) is 6. The minimum absolute atomic E-state index is 0. The lowest BCUT2D eigenvalue weighted by molar-refractivity contribution is -0.697. The van der Waals surface area contributed by atoms with Gasteiger partial charge in [0.1, 0.15) is 13.1 Å². The average Bonchev–Trinajstić information content (AvgIpc) is 2.68. The number of halogens is 2. The van der Waals surface area contributed by atoms with E-state index < -0.39 is 0 Å². The number of rotatable bonds is 12. The molecule has 8 heteroatoms. The van der Waals surface area contributed by atoms with Gasteiger partial charge in [0, 0.05) is 42.7 Å². The average molecular weight is 530 g/mol. The van der Waals surface area contributed by atoms with Gasteiger partial charge in [0.05, 0.1) is 11.8 Å². The van der Waals surface area contributed by atoms with Gasteiger partial charge in [-0.3, -0.25) is 4.79 Å². The van der Waals surface area contributed by atoms with Crippen LogP contribution in [0, 0.1) is 0 Å². The largest absolute Gasteiger partial charge is 1.00 e. The van der Waals surface area contributed by atoms with E-state index >= 15 is 0 Å². The van der Waals surface area contributed by atoms with Gasteiger partial charge in [-0.2, -0.15) is 0 Å². The second-order valence-corrected chi connectivity index (χ2v) is 6.78. The molecule has 0 aliphatic heterocycles. The van der Waals surface area contributed by atoms with E-state index in [9.17, 15) is 4.79 Å².